The molecule has 0 bridgehead atoms. The molecule has 1 atom stereocenters. The van der Waals surface area contributed by atoms with Gasteiger partial charge in [-0.15, -0.1) is 6.42 Å². The molecule has 2 N–H and O–H groups in total. The Hall–Kier alpha value is -1.73. The van der Waals surface area contributed by atoms with Crippen molar-refractivity contribution in [3.05, 3.63) is 29.0 Å². The number of terminal acetylenes is 1. The van der Waals surface area contributed by atoms with Gasteiger partial charge in [-0.25, -0.2) is 4.39 Å². The zero-order valence-electron chi connectivity index (χ0n) is 9.26. The van der Waals surface area contributed by atoms with E-state index in [1.807, 2.05) is 0 Å². The van der Waals surface area contributed by atoms with Crippen LogP contribution in [-0.2, 0) is 4.79 Å². The Morgan fingerprint density at radius 3 is 2.94 bits per heavy atom. The molecule has 0 spiro atoms. The third kappa shape index (κ3) is 3.97. The molecule has 1 rings (SSSR count). The minimum atomic E-state index is -0.498. The predicted molar refractivity (Wildman–Crippen MR) is 66.3 cm³/mol. The molecule has 0 fully saturated rings. The molecule has 0 aliphatic rings. The van der Waals surface area contributed by atoms with Crippen LogP contribution in [0.2, 0.25) is 5.02 Å². The fourth-order valence-corrected chi connectivity index (χ4v) is 1.37. The van der Waals surface area contributed by atoms with Gasteiger partial charge in [0.25, 0.3) is 0 Å². The predicted octanol–water partition coefficient (Wildman–Crippen LogP) is 2.03. The maximum atomic E-state index is 12.9. The van der Waals surface area contributed by atoms with E-state index in [2.05, 4.69) is 16.6 Å². The number of halogens is 2. The maximum Gasteiger partial charge on any atom is 0.242 e. The molecule has 5 heteroatoms. The van der Waals surface area contributed by atoms with Crippen molar-refractivity contribution in [2.75, 3.05) is 11.9 Å². The topological polar surface area (TPSA) is 41.1 Å². The van der Waals surface area contributed by atoms with Gasteiger partial charge in [0, 0.05) is 5.69 Å². The van der Waals surface area contributed by atoms with Crippen molar-refractivity contribution in [1.29, 1.82) is 0 Å². The van der Waals surface area contributed by atoms with E-state index < -0.39 is 11.9 Å². The molecule has 3 nitrogen and oxygen atoms in total. The van der Waals surface area contributed by atoms with Crippen LogP contribution in [0.15, 0.2) is 18.2 Å². The number of anilines is 1. The molecule has 1 aromatic carbocycles. The first-order chi connectivity index (χ1) is 8.04. The summed E-state index contributed by atoms with van der Waals surface area (Å²) in [7, 11) is 0. The highest BCUT2D eigenvalue weighted by molar-refractivity contribution is 6.31. The quantitative estimate of drug-likeness (QED) is 0.808. The molecule has 1 unspecified atom stereocenters. The number of hydrogen-bond acceptors (Lipinski definition) is 2. The van der Waals surface area contributed by atoms with Gasteiger partial charge < -0.3 is 10.6 Å². The second-order valence-electron chi connectivity index (χ2n) is 3.42. The lowest BCUT2D eigenvalue weighted by atomic mass is 10.2. The van der Waals surface area contributed by atoms with Crippen LogP contribution < -0.4 is 10.6 Å². The Labute approximate surface area is 104 Å². The van der Waals surface area contributed by atoms with Crippen molar-refractivity contribution in [3.63, 3.8) is 0 Å². The summed E-state index contributed by atoms with van der Waals surface area (Å²) in [4.78, 5) is 11.5. The van der Waals surface area contributed by atoms with Crippen LogP contribution in [0.4, 0.5) is 10.1 Å². The summed E-state index contributed by atoms with van der Waals surface area (Å²) in [6, 6.07) is 3.68. The van der Waals surface area contributed by atoms with Crippen molar-refractivity contribution in [2.24, 2.45) is 0 Å². The largest absolute Gasteiger partial charge is 0.374 e. The summed E-state index contributed by atoms with van der Waals surface area (Å²) in [6.45, 7) is 1.85. The normalized spacial score (nSPS) is 11.4. The van der Waals surface area contributed by atoms with Gasteiger partial charge >= 0.3 is 0 Å². The average Bonchev–Trinajstić information content (AvgIpc) is 2.30. The molecule has 0 aliphatic carbocycles. The number of amides is 1. The fourth-order valence-electron chi connectivity index (χ4n) is 1.19. The second kappa shape index (κ2) is 6.12. The van der Waals surface area contributed by atoms with Gasteiger partial charge in [0.1, 0.15) is 11.9 Å². The van der Waals surface area contributed by atoms with Gasteiger partial charge in [-0.2, -0.15) is 0 Å². The van der Waals surface area contributed by atoms with E-state index in [0.717, 1.165) is 0 Å². The minimum Gasteiger partial charge on any atom is -0.374 e. The van der Waals surface area contributed by atoms with Crippen molar-refractivity contribution in [1.82, 2.24) is 5.32 Å². The Bertz CT molecular complexity index is 456. The van der Waals surface area contributed by atoms with Crippen LogP contribution in [0, 0.1) is 18.2 Å². The molecule has 0 aromatic heterocycles. The molecule has 0 saturated heterocycles. The van der Waals surface area contributed by atoms with Crippen molar-refractivity contribution >= 4 is 23.2 Å². The molecule has 0 aliphatic heterocycles. The van der Waals surface area contributed by atoms with Crippen LogP contribution >= 0.6 is 11.6 Å². The molecular weight excluding hydrogens is 243 g/mol. The molecule has 0 saturated carbocycles. The summed E-state index contributed by atoms with van der Waals surface area (Å²) in [5.74, 6) is 1.57. The molecule has 1 amide bonds. The van der Waals surface area contributed by atoms with Crippen LogP contribution in [0.25, 0.3) is 0 Å². The lowest BCUT2D eigenvalue weighted by molar-refractivity contribution is -0.121. The summed E-state index contributed by atoms with van der Waals surface area (Å²) < 4.78 is 12.9. The Morgan fingerprint density at radius 2 is 2.35 bits per heavy atom. The van der Waals surface area contributed by atoms with Gasteiger partial charge in [0.05, 0.1) is 11.6 Å². The van der Waals surface area contributed by atoms with E-state index in [1.54, 1.807) is 6.92 Å². The van der Waals surface area contributed by atoms with Gasteiger partial charge in [-0.3, -0.25) is 4.79 Å². The van der Waals surface area contributed by atoms with E-state index in [9.17, 15) is 9.18 Å². The van der Waals surface area contributed by atoms with Gasteiger partial charge in [0.2, 0.25) is 5.91 Å². The number of hydrogen-bond donors (Lipinski definition) is 2. The van der Waals surface area contributed by atoms with Crippen molar-refractivity contribution in [3.8, 4) is 12.3 Å². The first-order valence-electron chi connectivity index (χ1n) is 4.97. The van der Waals surface area contributed by atoms with E-state index in [0.29, 0.717) is 5.69 Å². The molecule has 0 radical (unpaired) electrons. The number of rotatable bonds is 4. The standard InChI is InChI=1S/C12H12ClFN2O/c1-3-6-15-12(17)8(2)16-9-4-5-11(14)10(13)7-9/h1,4-5,7-8,16H,6H2,2H3,(H,15,17). The monoisotopic (exact) mass is 254 g/mol. The third-order valence-corrected chi connectivity index (χ3v) is 2.35. The van der Waals surface area contributed by atoms with Gasteiger partial charge in [0.15, 0.2) is 0 Å². The summed E-state index contributed by atoms with van der Waals surface area (Å²) in [5, 5.41) is 5.43. The average molecular weight is 255 g/mol. The van der Waals surface area contributed by atoms with Gasteiger partial charge in [-0.1, -0.05) is 17.5 Å². The molecule has 0 heterocycles. The summed E-state index contributed by atoms with van der Waals surface area (Å²) in [6.07, 6.45) is 5.02. The highest BCUT2D eigenvalue weighted by Gasteiger charge is 2.12. The zero-order valence-corrected chi connectivity index (χ0v) is 10.0. The lowest BCUT2D eigenvalue weighted by Gasteiger charge is -2.14. The van der Waals surface area contributed by atoms with Crippen LogP contribution in [0.3, 0.4) is 0 Å². The van der Waals surface area contributed by atoms with Crippen LogP contribution in [-0.4, -0.2) is 18.5 Å². The highest BCUT2D eigenvalue weighted by Crippen LogP contribution is 2.19. The first kappa shape index (κ1) is 13.3. The Balaban J connectivity index is 2.62. The van der Waals surface area contributed by atoms with Crippen molar-refractivity contribution in [2.45, 2.75) is 13.0 Å². The van der Waals surface area contributed by atoms with Crippen molar-refractivity contribution < 1.29 is 9.18 Å². The number of carbonyl (C=O) groups is 1. The van der Waals surface area contributed by atoms with E-state index >= 15 is 0 Å². The smallest absolute Gasteiger partial charge is 0.242 e. The van der Waals surface area contributed by atoms with Gasteiger partial charge in [-0.05, 0) is 25.1 Å². The summed E-state index contributed by atoms with van der Waals surface area (Å²) >= 11 is 5.62. The van der Waals surface area contributed by atoms with E-state index in [4.69, 9.17) is 18.0 Å². The number of benzene rings is 1. The van der Waals surface area contributed by atoms with E-state index in [-0.39, 0.29) is 17.5 Å². The van der Waals surface area contributed by atoms with Crippen LogP contribution in [0.5, 0.6) is 0 Å². The number of carbonyl (C=O) groups excluding carboxylic acids is 1. The maximum absolute atomic E-state index is 12.9. The molecule has 90 valence electrons. The minimum absolute atomic E-state index is 0.00577. The lowest BCUT2D eigenvalue weighted by Crippen LogP contribution is -2.37. The highest BCUT2D eigenvalue weighted by atomic mass is 35.5. The SMILES string of the molecule is C#CCNC(=O)C(C)Nc1ccc(F)c(Cl)c1. The Kier molecular flexibility index (Phi) is 4.80. The fraction of sp³-hybridized carbons (Fsp3) is 0.250. The Morgan fingerprint density at radius 1 is 1.65 bits per heavy atom. The van der Waals surface area contributed by atoms with Crippen LogP contribution in [0.1, 0.15) is 6.92 Å². The molecule has 17 heavy (non-hydrogen) atoms. The first-order valence-corrected chi connectivity index (χ1v) is 5.35. The molecule has 1 aromatic rings. The third-order valence-electron chi connectivity index (χ3n) is 2.06. The second-order valence-corrected chi connectivity index (χ2v) is 3.82. The number of nitrogens with one attached hydrogen (secondary N) is 2. The molecular formula is C12H12ClFN2O. The van der Waals surface area contributed by atoms with E-state index in [1.165, 1.54) is 18.2 Å². The zero-order chi connectivity index (χ0) is 12.8. The summed E-state index contributed by atoms with van der Waals surface area (Å²) in [5.41, 5.74) is 0.569.